The van der Waals surface area contributed by atoms with E-state index in [1.807, 2.05) is 30.3 Å². The molecule has 0 bridgehead atoms. The van der Waals surface area contributed by atoms with E-state index in [-0.39, 0.29) is 0 Å². The molecule has 0 aliphatic rings. The fraction of sp³-hybridized carbons (Fsp3) is 0.615. The van der Waals surface area contributed by atoms with Crippen LogP contribution < -0.4 is 0 Å². The van der Waals surface area contributed by atoms with Gasteiger partial charge in [-0.1, -0.05) is 108 Å². The molecule has 4 nitrogen and oxygen atoms in total. The molecule has 4 heteroatoms. The molecule has 30 heavy (non-hydrogen) atoms. The number of hydrogen-bond acceptors (Lipinski definition) is 4. The van der Waals surface area contributed by atoms with E-state index in [0.29, 0.717) is 19.6 Å². The topological polar surface area (TPSA) is 52.6 Å². The molecule has 0 atom stereocenters. The van der Waals surface area contributed by atoms with Crippen molar-refractivity contribution in [3.63, 3.8) is 0 Å². The third-order valence-corrected chi connectivity index (χ3v) is 5.08. The van der Waals surface area contributed by atoms with Gasteiger partial charge in [0.25, 0.3) is 0 Å². The molecule has 1 aromatic carbocycles. The Bertz CT molecular complexity index is 580. The van der Waals surface area contributed by atoms with Gasteiger partial charge in [-0.15, -0.1) is 0 Å². The highest BCUT2D eigenvalue weighted by atomic mass is 16.5. The molecule has 0 radical (unpaired) electrons. The zero-order chi connectivity index (χ0) is 21.7. The van der Waals surface area contributed by atoms with Gasteiger partial charge in [-0.05, 0) is 12.0 Å². The fourth-order valence-electron chi connectivity index (χ4n) is 3.26. The molecule has 0 saturated heterocycles. The van der Waals surface area contributed by atoms with Crippen LogP contribution in [0.5, 0.6) is 0 Å². The van der Waals surface area contributed by atoms with Gasteiger partial charge in [0.1, 0.15) is 0 Å². The molecule has 0 spiro atoms. The zero-order valence-electron chi connectivity index (χ0n) is 18.8. The lowest BCUT2D eigenvalue weighted by atomic mass is 10.1. The highest BCUT2D eigenvalue weighted by Crippen LogP contribution is 2.12. The van der Waals surface area contributed by atoms with E-state index >= 15 is 0 Å². The van der Waals surface area contributed by atoms with Crippen LogP contribution in [0, 0.1) is 0 Å². The molecule has 0 amide bonds. The number of carbonyl (C=O) groups is 2. The molecular weight excluding hydrogens is 376 g/mol. The maximum Gasteiger partial charge on any atom is 0.331 e. The first-order chi connectivity index (χ1) is 14.7. The third-order valence-electron chi connectivity index (χ3n) is 5.08. The first kappa shape index (κ1) is 25.9. The summed E-state index contributed by atoms with van der Waals surface area (Å²) in [5.41, 5.74) is 1.11. The van der Waals surface area contributed by atoms with Crippen molar-refractivity contribution in [1.29, 1.82) is 0 Å². The van der Waals surface area contributed by atoms with Crippen molar-refractivity contribution in [3.8, 4) is 0 Å². The van der Waals surface area contributed by atoms with Crippen LogP contribution >= 0.6 is 0 Å². The average molecular weight is 417 g/mol. The van der Waals surface area contributed by atoms with Gasteiger partial charge < -0.3 is 9.47 Å². The summed E-state index contributed by atoms with van der Waals surface area (Å²) < 4.78 is 10.2. The number of ether oxygens (including phenoxy) is 2. The summed E-state index contributed by atoms with van der Waals surface area (Å²) in [6.45, 7) is 2.95. The van der Waals surface area contributed by atoms with E-state index in [4.69, 9.17) is 9.47 Å². The van der Waals surface area contributed by atoms with Gasteiger partial charge in [0.2, 0.25) is 0 Å². The number of esters is 2. The van der Waals surface area contributed by atoms with E-state index in [0.717, 1.165) is 30.6 Å². The molecule has 0 fully saturated rings. The highest BCUT2D eigenvalue weighted by molar-refractivity contribution is 5.91. The van der Waals surface area contributed by atoms with E-state index in [1.54, 1.807) is 0 Å². The second-order valence-corrected chi connectivity index (χ2v) is 7.79. The largest absolute Gasteiger partial charge is 0.463 e. The Hall–Kier alpha value is -2.10. The van der Waals surface area contributed by atoms with Crippen LogP contribution in [0.2, 0.25) is 0 Å². The molecule has 0 aliphatic carbocycles. The summed E-state index contributed by atoms with van der Waals surface area (Å²) in [7, 11) is 0. The normalized spacial score (nSPS) is 11.0. The number of hydrogen-bond donors (Lipinski definition) is 0. The standard InChI is InChI=1S/C26H40O4/c1-2-3-4-5-6-7-8-9-10-11-12-16-22-29-25(27)19-20-26(28)30-23-21-24-17-14-13-15-18-24/h13-15,17-20H,2-12,16,21-23H2,1H3/b20-19+. The van der Waals surface area contributed by atoms with E-state index < -0.39 is 11.9 Å². The predicted octanol–water partition coefficient (Wildman–Crippen LogP) is 6.57. The Balaban J connectivity index is 1.89. The zero-order valence-corrected chi connectivity index (χ0v) is 18.8. The summed E-state index contributed by atoms with van der Waals surface area (Å²) in [6, 6.07) is 9.81. The monoisotopic (exact) mass is 416 g/mol. The minimum Gasteiger partial charge on any atom is -0.463 e. The number of unbranched alkanes of at least 4 members (excludes halogenated alkanes) is 11. The van der Waals surface area contributed by atoms with Crippen molar-refractivity contribution in [2.45, 2.75) is 90.4 Å². The van der Waals surface area contributed by atoms with Crippen LogP contribution in [0.3, 0.4) is 0 Å². The minimum absolute atomic E-state index is 0.293. The lowest BCUT2D eigenvalue weighted by Gasteiger charge is -2.04. The fourth-order valence-corrected chi connectivity index (χ4v) is 3.26. The van der Waals surface area contributed by atoms with Crippen molar-refractivity contribution in [2.75, 3.05) is 13.2 Å². The lowest BCUT2D eigenvalue weighted by molar-refractivity contribution is -0.140. The molecule has 0 N–H and O–H groups in total. The van der Waals surface area contributed by atoms with Crippen LogP contribution in [0.1, 0.15) is 89.5 Å². The maximum absolute atomic E-state index is 11.6. The molecule has 0 heterocycles. The summed E-state index contributed by atoms with van der Waals surface area (Å²) >= 11 is 0. The van der Waals surface area contributed by atoms with Gasteiger partial charge in [0, 0.05) is 18.6 Å². The SMILES string of the molecule is CCCCCCCCCCCCCCOC(=O)/C=C/C(=O)OCCc1ccccc1. The second kappa shape index (κ2) is 18.9. The van der Waals surface area contributed by atoms with Crippen LogP contribution in [0.4, 0.5) is 0 Å². The molecule has 1 rings (SSSR count). The van der Waals surface area contributed by atoms with Gasteiger partial charge in [0.15, 0.2) is 0 Å². The van der Waals surface area contributed by atoms with Crippen molar-refractivity contribution >= 4 is 11.9 Å². The van der Waals surface area contributed by atoms with Gasteiger partial charge in [-0.25, -0.2) is 9.59 Å². The average Bonchev–Trinajstić information content (AvgIpc) is 2.76. The number of benzene rings is 1. The Labute approximate surface area is 183 Å². The van der Waals surface area contributed by atoms with E-state index in [9.17, 15) is 9.59 Å². The first-order valence-corrected chi connectivity index (χ1v) is 11.8. The Morgan fingerprint density at radius 3 is 1.67 bits per heavy atom. The molecule has 1 aromatic rings. The van der Waals surface area contributed by atoms with Crippen LogP contribution in [-0.4, -0.2) is 25.2 Å². The van der Waals surface area contributed by atoms with E-state index in [1.165, 1.54) is 64.2 Å². The highest BCUT2D eigenvalue weighted by Gasteiger charge is 2.02. The van der Waals surface area contributed by atoms with Crippen LogP contribution in [0.15, 0.2) is 42.5 Å². The van der Waals surface area contributed by atoms with Crippen molar-refractivity contribution in [3.05, 3.63) is 48.0 Å². The lowest BCUT2D eigenvalue weighted by Crippen LogP contribution is -2.07. The third kappa shape index (κ3) is 15.8. The molecule has 0 unspecified atom stereocenters. The molecule has 0 aliphatic heterocycles. The summed E-state index contributed by atoms with van der Waals surface area (Å²) in [6.07, 6.45) is 18.2. The molecule has 0 aromatic heterocycles. The smallest absolute Gasteiger partial charge is 0.331 e. The Morgan fingerprint density at radius 1 is 0.667 bits per heavy atom. The number of carbonyl (C=O) groups excluding carboxylic acids is 2. The van der Waals surface area contributed by atoms with Gasteiger partial charge in [-0.2, -0.15) is 0 Å². The predicted molar refractivity (Wildman–Crippen MR) is 122 cm³/mol. The maximum atomic E-state index is 11.6. The first-order valence-electron chi connectivity index (χ1n) is 11.8. The van der Waals surface area contributed by atoms with Gasteiger partial charge in [0.05, 0.1) is 13.2 Å². The molecular formula is C26H40O4. The van der Waals surface area contributed by atoms with Gasteiger partial charge >= 0.3 is 11.9 Å². The van der Waals surface area contributed by atoms with Gasteiger partial charge in [-0.3, -0.25) is 0 Å². The quantitative estimate of drug-likeness (QED) is 0.154. The molecule has 168 valence electrons. The summed E-state index contributed by atoms with van der Waals surface area (Å²) in [5, 5.41) is 0. The van der Waals surface area contributed by atoms with Crippen LogP contribution in [-0.2, 0) is 25.5 Å². The summed E-state index contributed by atoms with van der Waals surface area (Å²) in [4.78, 5) is 23.2. The van der Waals surface area contributed by atoms with E-state index in [2.05, 4.69) is 6.92 Å². The second-order valence-electron chi connectivity index (χ2n) is 7.79. The molecule has 0 saturated carbocycles. The minimum atomic E-state index is -0.520. The number of rotatable bonds is 18. The van der Waals surface area contributed by atoms with Crippen molar-refractivity contribution in [2.24, 2.45) is 0 Å². The van der Waals surface area contributed by atoms with Crippen molar-refractivity contribution < 1.29 is 19.1 Å². The van der Waals surface area contributed by atoms with Crippen molar-refractivity contribution in [1.82, 2.24) is 0 Å². The van der Waals surface area contributed by atoms with Crippen LogP contribution in [0.25, 0.3) is 0 Å². The Kier molecular flexibility index (Phi) is 16.3. The Morgan fingerprint density at radius 2 is 1.13 bits per heavy atom. The summed E-state index contributed by atoms with van der Waals surface area (Å²) in [5.74, 6) is -1.01.